The summed E-state index contributed by atoms with van der Waals surface area (Å²) in [7, 11) is -1.28. The van der Waals surface area contributed by atoms with Crippen LogP contribution in [0.15, 0.2) is 6.20 Å². The van der Waals surface area contributed by atoms with Crippen LogP contribution >= 0.6 is 0 Å². The highest BCUT2D eigenvalue weighted by atomic mass is 16.5. The third-order valence-electron chi connectivity index (χ3n) is 3.36. The van der Waals surface area contributed by atoms with Gasteiger partial charge in [0.2, 0.25) is 0 Å². The molecule has 4 N–H and O–H groups in total. The number of rotatable bonds is 5. The average Bonchev–Trinajstić information content (AvgIpc) is 2.26. The Morgan fingerprint density at radius 3 is 2.37 bits per heavy atom. The molecule has 1 rings (SSSR count). The molecule has 0 aliphatic heterocycles. The highest BCUT2D eigenvalue weighted by molar-refractivity contribution is 6.61. The molecule has 0 bridgehead atoms. The van der Waals surface area contributed by atoms with Gasteiger partial charge < -0.3 is 20.5 Å². The van der Waals surface area contributed by atoms with Gasteiger partial charge in [0.25, 0.3) is 0 Å². The molecule has 1 aromatic heterocycles. The quantitative estimate of drug-likeness (QED) is 0.643. The van der Waals surface area contributed by atoms with Gasteiger partial charge in [0.1, 0.15) is 11.6 Å². The van der Waals surface area contributed by atoms with Gasteiger partial charge in [-0.15, -0.1) is 0 Å². The third-order valence-corrected chi connectivity index (χ3v) is 3.36. The van der Waals surface area contributed by atoms with E-state index in [0.29, 0.717) is 17.7 Å². The van der Waals surface area contributed by atoms with Gasteiger partial charge in [0, 0.05) is 18.1 Å². The SMILES string of the molecule is CCc1ncc(B(O)OC(C)(C)C(C)(C)O)c(N)n1. The van der Waals surface area contributed by atoms with E-state index in [1.807, 2.05) is 6.92 Å². The number of aliphatic hydroxyl groups is 1. The smallest absolute Gasteiger partial charge is 0.423 e. The predicted molar refractivity (Wildman–Crippen MR) is 74.9 cm³/mol. The molecule has 1 aromatic rings. The predicted octanol–water partition coefficient (Wildman–Crippen LogP) is -0.125. The number of nitrogens with two attached hydrogens (primary N) is 1. The van der Waals surface area contributed by atoms with E-state index in [2.05, 4.69) is 9.97 Å². The van der Waals surface area contributed by atoms with E-state index in [0.717, 1.165) is 0 Å². The molecule has 0 fully saturated rings. The monoisotopic (exact) mass is 267 g/mol. The first-order valence-electron chi connectivity index (χ1n) is 6.28. The van der Waals surface area contributed by atoms with E-state index in [1.165, 1.54) is 6.20 Å². The molecule has 0 amide bonds. The summed E-state index contributed by atoms with van der Waals surface area (Å²) in [5.41, 5.74) is 4.00. The largest absolute Gasteiger partial charge is 0.497 e. The Morgan fingerprint density at radius 1 is 1.37 bits per heavy atom. The minimum absolute atomic E-state index is 0.186. The van der Waals surface area contributed by atoms with Crippen molar-refractivity contribution in [3.05, 3.63) is 12.0 Å². The van der Waals surface area contributed by atoms with Crippen molar-refractivity contribution in [1.29, 1.82) is 0 Å². The Morgan fingerprint density at radius 2 is 1.95 bits per heavy atom. The minimum Gasteiger partial charge on any atom is -0.423 e. The van der Waals surface area contributed by atoms with Crippen LogP contribution in [0, 0.1) is 0 Å². The molecule has 0 aromatic carbocycles. The lowest BCUT2D eigenvalue weighted by atomic mass is 9.77. The first-order chi connectivity index (χ1) is 8.58. The lowest BCUT2D eigenvalue weighted by Gasteiger charge is -2.38. The van der Waals surface area contributed by atoms with E-state index >= 15 is 0 Å². The lowest BCUT2D eigenvalue weighted by molar-refractivity contribution is -0.0982. The molecule has 0 saturated heterocycles. The molecule has 1 heterocycles. The standard InChI is InChI=1S/C12H22BN3O3/c1-6-9-15-7-8(10(14)16-9)13(18)19-12(4,5)11(2,3)17/h7,17-18H,6H2,1-5H3,(H2,14,15,16). The van der Waals surface area contributed by atoms with Crippen LogP contribution in [0.5, 0.6) is 0 Å². The van der Waals surface area contributed by atoms with Gasteiger partial charge in [-0.25, -0.2) is 9.97 Å². The molecule has 0 saturated carbocycles. The highest BCUT2D eigenvalue weighted by Crippen LogP contribution is 2.25. The fraction of sp³-hybridized carbons (Fsp3) is 0.667. The van der Waals surface area contributed by atoms with Crippen LogP contribution in [0.1, 0.15) is 40.4 Å². The first kappa shape index (κ1) is 15.9. The fourth-order valence-corrected chi connectivity index (χ4v) is 1.29. The van der Waals surface area contributed by atoms with Crippen molar-refractivity contribution in [3.8, 4) is 0 Å². The molecule has 0 spiro atoms. The van der Waals surface area contributed by atoms with Crippen LogP contribution in [0.4, 0.5) is 5.82 Å². The highest BCUT2D eigenvalue weighted by Gasteiger charge is 2.40. The lowest BCUT2D eigenvalue weighted by Crippen LogP contribution is -2.53. The van der Waals surface area contributed by atoms with Crippen LogP contribution in [-0.4, -0.2) is 38.4 Å². The van der Waals surface area contributed by atoms with Crippen molar-refractivity contribution in [2.24, 2.45) is 0 Å². The molecule has 0 unspecified atom stereocenters. The zero-order chi connectivity index (χ0) is 14.8. The van der Waals surface area contributed by atoms with Gasteiger partial charge in [0.15, 0.2) is 0 Å². The van der Waals surface area contributed by atoms with E-state index in [1.54, 1.807) is 27.7 Å². The second kappa shape index (κ2) is 5.44. The summed E-state index contributed by atoms with van der Waals surface area (Å²) in [5, 5.41) is 20.1. The number of nitrogen functional groups attached to an aromatic ring is 1. The molecular weight excluding hydrogens is 245 g/mol. The molecule has 19 heavy (non-hydrogen) atoms. The number of hydrogen-bond donors (Lipinski definition) is 3. The second-order valence-corrected chi connectivity index (χ2v) is 5.52. The summed E-state index contributed by atoms with van der Waals surface area (Å²) in [4.78, 5) is 8.15. The number of anilines is 1. The molecule has 0 aliphatic carbocycles. The van der Waals surface area contributed by atoms with Crippen LogP contribution in [0.25, 0.3) is 0 Å². The molecule has 7 heteroatoms. The second-order valence-electron chi connectivity index (χ2n) is 5.52. The van der Waals surface area contributed by atoms with Gasteiger partial charge in [-0.3, -0.25) is 0 Å². The van der Waals surface area contributed by atoms with Crippen molar-refractivity contribution in [2.75, 3.05) is 5.73 Å². The maximum absolute atomic E-state index is 10.1. The van der Waals surface area contributed by atoms with E-state index < -0.39 is 18.3 Å². The molecular formula is C12H22BN3O3. The number of nitrogens with zero attached hydrogens (tertiary/aromatic N) is 2. The maximum Gasteiger partial charge on any atom is 0.497 e. The zero-order valence-corrected chi connectivity index (χ0v) is 12.1. The maximum atomic E-state index is 10.1. The van der Waals surface area contributed by atoms with E-state index in [4.69, 9.17) is 10.4 Å². The fourth-order valence-electron chi connectivity index (χ4n) is 1.29. The Balaban J connectivity index is 2.93. The molecule has 0 radical (unpaired) electrons. The number of hydrogen-bond acceptors (Lipinski definition) is 6. The minimum atomic E-state index is -1.28. The number of aryl methyl sites for hydroxylation is 1. The van der Waals surface area contributed by atoms with Gasteiger partial charge >= 0.3 is 7.12 Å². The van der Waals surface area contributed by atoms with E-state index in [-0.39, 0.29) is 5.82 Å². The zero-order valence-electron chi connectivity index (χ0n) is 12.1. The van der Waals surface area contributed by atoms with Gasteiger partial charge in [-0.1, -0.05) is 6.92 Å². The summed E-state index contributed by atoms with van der Waals surface area (Å²) >= 11 is 0. The summed E-state index contributed by atoms with van der Waals surface area (Å²) in [6, 6.07) is 0. The van der Waals surface area contributed by atoms with Crippen molar-refractivity contribution in [1.82, 2.24) is 9.97 Å². The Kier molecular flexibility index (Phi) is 4.55. The van der Waals surface area contributed by atoms with Crippen molar-refractivity contribution >= 4 is 18.4 Å². The van der Waals surface area contributed by atoms with E-state index in [9.17, 15) is 10.1 Å². The van der Waals surface area contributed by atoms with Crippen LogP contribution in [0.3, 0.4) is 0 Å². The molecule has 6 nitrogen and oxygen atoms in total. The first-order valence-corrected chi connectivity index (χ1v) is 6.28. The Labute approximate surface area is 114 Å². The Hall–Kier alpha value is -1.18. The topological polar surface area (TPSA) is 101 Å². The number of aromatic nitrogens is 2. The van der Waals surface area contributed by atoms with Gasteiger partial charge in [0.05, 0.1) is 11.2 Å². The van der Waals surface area contributed by atoms with Crippen LogP contribution < -0.4 is 11.2 Å². The van der Waals surface area contributed by atoms with Gasteiger partial charge in [-0.05, 0) is 27.7 Å². The molecule has 106 valence electrons. The van der Waals surface area contributed by atoms with Crippen molar-refractivity contribution in [3.63, 3.8) is 0 Å². The summed E-state index contributed by atoms with van der Waals surface area (Å²) < 4.78 is 5.49. The average molecular weight is 267 g/mol. The van der Waals surface area contributed by atoms with Crippen molar-refractivity contribution in [2.45, 2.75) is 52.2 Å². The molecule has 0 aliphatic rings. The summed E-state index contributed by atoms with van der Waals surface area (Å²) in [6.07, 6.45) is 2.11. The summed E-state index contributed by atoms with van der Waals surface area (Å²) in [6.45, 7) is 8.51. The molecule has 0 atom stereocenters. The van der Waals surface area contributed by atoms with Crippen molar-refractivity contribution < 1.29 is 14.8 Å². The Bertz CT molecular complexity index is 446. The third kappa shape index (κ3) is 3.65. The normalized spacial score (nSPS) is 12.6. The van der Waals surface area contributed by atoms with Gasteiger partial charge in [-0.2, -0.15) is 0 Å². The van der Waals surface area contributed by atoms with Crippen LogP contribution in [-0.2, 0) is 11.1 Å². The summed E-state index contributed by atoms with van der Waals surface area (Å²) in [5.74, 6) is 0.793. The van der Waals surface area contributed by atoms with Crippen LogP contribution in [0.2, 0.25) is 0 Å².